The van der Waals surface area contributed by atoms with Crippen LogP contribution in [-0.4, -0.2) is 35.3 Å². The third-order valence-corrected chi connectivity index (χ3v) is 1.26. The molecular weight excluding hydrogens is 171 g/mol. The lowest BCUT2D eigenvalue weighted by atomic mass is 10.5. The Kier molecular flexibility index (Phi) is 2.89. The predicted octanol–water partition coefficient (Wildman–Crippen LogP) is 1.15. The zero-order chi connectivity index (χ0) is 9.84. The summed E-state index contributed by atoms with van der Waals surface area (Å²) in [6.07, 6.45) is 2.61. The zero-order valence-electron chi connectivity index (χ0n) is 7.82. The van der Waals surface area contributed by atoms with E-state index in [1.165, 1.54) is 6.34 Å². The van der Waals surface area contributed by atoms with E-state index in [0.717, 1.165) is 6.20 Å². The molecule has 5 heteroatoms. The summed E-state index contributed by atoms with van der Waals surface area (Å²) in [5.41, 5.74) is 0. The molecule has 13 heavy (non-hydrogen) atoms. The van der Waals surface area contributed by atoms with Gasteiger partial charge in [0.2, 0.25) is 0 Å². The lowest BCUT2D eigenvalue weighted by molar-refractivity contribution is 0.610. The van der Waals surface area contributed by atoms with Crippen LogP contribution in [0.4, 0.5) is 10.2 Å². The van der Waals surface area contributed by atoms with Crippen molar-refractivity contribution < 1.29 is 4.39 Å². The average Bonchev–Trinajstić information content (AvgIpc) is 2.06. The maximum atomic E-state index is 13.0. The SMILES string of the molecule is Cc1ncc(F)c(/N=C/N(C)C)n1. The van der Waals surface area contributed by atoms with E-state index >= 15 is 0 Å². The van der Waals surface area contributed by atoms with Crippen LogP contribution in [0.2, 0.25) is 0 Å². The van der Waals surface area contributed by atoms with Crippen molar-refractivity contribution in [1.82, 2.24) is 14.9 Å². The van der Waals surface area contributed by atoms with Gasteiger partial charge in [-0.15, -0.1) is 0 Å². The third kappa shape index (κ3) is 2.77. The number of rotatable bonds is 2. The highest BCUT2D eigenvalue weighted by atomic mass is 19.1. The quantitative estimate of drug-likeness (QED) is 0.509. The molecule has 0 saturated carbocycles. The van der Waals surface area contributed by atoms with Gasteiger partial charge in [-0.3, -0.25) is 0 Å². The molecule has 1 rings (SSSR count). The topological polar surface area (TPSA) is 41.4 Å². The molecule has 0 aromatic carbocycles. The third-order valence-electron chi connectivity index (χ3n) is 1.26. The van der Waals surface area contributed by atoms with E-state index in [2.05, 4.69) is 15.0 Å². The largest absolute Gasteiger partial charge is 0.369 e. The Morgan fingerprint density at radius 1 is 1.54 bits per heavy atom. The van der Waals surface area contributed by atoms with Gasteiger partial charge < -0.3 is 4.90 Å². The maximum absolute atomic E-state index is 13.0. The Morgan fingerprint density at radius 2 is 2.23 bits per heavy atom. The van der Waals surface area contributed by atoms with Gasteiger partial charge >= 0.3 is 0 Å². The first kappa shape index (κ1) is 9.57. The van der Waals surface area contributed by atoms with Gasteiger partial charge in [0.15, 0.2) is 11.6 Å². The lowest BCUT2D eigenvalue weighted by Gasteiger charge is -2.02. The first-order valence-corrected chi connectivity index (χ1v) is 3.79. The highest BCUT2D eigenvalue weighted by Gasteiger charge is 2.01. The predicted molar refractivity (Wildman–Crippen MR) is 48.6 cm³/mol. The first-order valence-electron chi connectivity index (χ1n) is 3.79. The van der Waals surface area contributed by atoms with Crippen LogP contribution in [0.1, 0.15) is 5.82 Å². The van der Waals surface area contributed by atoms with Crippen molar-refractivity contribution in [2.45, 2.75) is 6.92 Å². The minimum atomic E-state index is -0.510. The molecule has 0 bridgehead atoms. The van der Waals surface area contributed by atoms with Gasteiger partial charge in [0.1, 0.15) is 5.82 Å². The molecule has 0 saturated heterocycles. The van der Waals surface area contributed by atoms with Crippen molar-refractivity contribution >= 4 is 12.2 Å². The number of aryl methyl sites for hydroxylation is 1. The Balaban J connectivity index is 2.93. The molecule has 0 radical (unpaired) electrons. The van der Waals surface area contributed by atoms with Crippen LogP contribution in [0.15, 0.2) is 11.2 Å². The smallest absolute Gasteiger partial charge is 0.193 e. The second-order valence-electron chi connectivity index (χ2n) is 2.80. The highest BCUT2D eigenvalue weighted by molar-refractivity contribution is 5.58. The molecule has 1 heterocycles. The summed E-state index contributed by atoms with van der Waals surface area (Å²) >= 11 is 0. The molecular formula is C8H11FN4. The van der Waals surface area contributed by atoms with Crippen molar-refractivity contribution in [1.29, 1.82) is 0 Å². The number of hydrogen-bond acceptors (Lipinski definition) is 3. The molecule has 0 aliphatic carbocycles. The number of halogens is 1. The Labute approximate surface area is 76.2 Å². The summed E-state index contributed by atoms with van der Waals surface area (Å²) in [7, 11) is 3.60. The molecule has 1 aromatic heterocycles. The fourth-order valence-corrected chi connectivity index (χ4v) is 0.704. The molecule has 0 spiro atoms. The van der Waals surface area contributed by atoms with Crippen molar-refractivity contribution in [3.8, 4) is 0 Å². The minimum absolute atomic E-state index is 0.0706. The van der Waals surface area contributed by atoms with Crippen LogP contribution in [0.3, 0.4) is 0 Å². The van der Waals surface area contributed by atoms with Crippen molar-refractivity contribution in [2.75, 3.05) is 14.1 Å². The van der Waals surface area contributed by atoms with Gasteiger partial charge in [0.05, 0.1) is 12.5 Å². The Hall–Kier alpha value is -1.52. The molecule has 4 nitrogen and oxygen atoms in total. The summed E-state index contributed by atoms with van der Waals surface area (Å²) in [4.78, 5) is 13.1. The fraction of sp³-hybridized carbons (Fsp3) is 0.375. The number of nitrogens with zero attached hydrogens (tertiary/aromatic N) is 4. The minimum Gasteiger partial charge on any atom is -0.369 e. The molecule has 0 N–H and O–H groups in total. The summed E-state index contributed by atoms with van der Waals surface area (Å²) in [5.74, 6) is 0.0669. The Bertz CT molecular complexity index is 322. The summed E-state index contributed by atoms with van der Waals surface area (Å²) in [6, 6.07) is 0. The number of hydrogen-bond donors (Lipinski definition) is 0. The van der Waals surface area contributed by atoms with E-state index < -0.39 is 5.82 Å². The number of aromatic nitrogens is 2. The van der Waals surface area contributed by atoms with E-state index in [-0.39, 0.29) is 5.82 Å². The van der Waals surface area contributed by atoms with Gasteiger partial charge in [-0.1, -0.05) is 0 Å². The van der Waals surface area contributed by atoms with Crippen molar-refractivity contribution in [3.63, 3.8) is 0 Å². The number of aliphatic imine (C=N–C) groups is 1. The van der Waals surface area contributed by atoms with Crippen LogP contribution in [0.25, 0.3) is 0 Å². The van der Waals surface area contributed by atoms with Crippen LogP contribution >= 0.6 is 0 Å². The lowest BCUT2D eigenvalue weighted by Crippen LogP contribution is -2.07. The van der Waals surface area contributed by atoms with Gasteiger partial charge in [0, 0.05) is 14.1 Å². The van der Waals surface area contributed by atoms with E-state index in [9.17, 15) is 4.39 Å². The highest BCUT2D eigenvalue weighted by Crippen LogP contribution is 2.11. The zero-order valence-corrected chi connectivity index (χ0v) is 7.82. The molecule has 0 unspecified atom stereocenters. The van der Waals surface area contributed by atoms with Crippen LogP contribution in [0, 0.1) is 12.7 Å². The summed E-state index contributed by atoms with van der Waals surface area (Å²) in [5, 5.41) is 0. The molecule has 0 aliphatic rings. The van der Waals surface area contributed by atoms with E-state index in [1.807, 2.05) is 0 Å². The van der Waals surface area contributed by atoms with Gasteiger partial charge in [0.25, 0.3) is 0 Å². The molecule has 0 amide bonds. The molecule has 0 aliphatic heterocycles. The summed E-state index contributed by atoms with van der Waals surface area (Å²) in [6.45, 7) is 1.69. The van der Waals surface area contributed by atoms with Crippen LogP contribution in [0.5, 0.6) is 0 Å². The van der Waals surface area contributed by atoms with E-state index in [4.69, 9.17) is 0 Å². The Morgan fingerprint density at radius 3 is 2.85 bits per heavy atom. The van der Waals surface area contributed by atoms with Gasteiger partial charge in [-0.25, -0.2) is 19.4 Å². The second-order valence-corrected chi connectivity index (χ2v) is 2.80. The van der Waals surface area contributed by atoms with Crippen LogP contribution in [-0.2, 0) is 0 Å². The van der Waals surface area contributed by atoms with Gasteiger partial charge in [-0.2, -0.15) is 0 Å². The van der Waals surface area contributed by atoms with Crippen molar-refractivity contribution in [2.24, 2.45) is 4.99 Å². The van der Waals surface area contributed by atoms with E-state index in [1.54, 1.807) is 25.9 Å². The summed E-state index contributed by atoms with van der Waals surface area (Å²) < 4.78 is 13.0. The standard InChI is InChI=1S/C8H11FN4/c1-6-10-4-7(9)8(12-6)11-5-13(2)3/h4-5H,1-3H3/b11-5+. The molecule has 1 aromatic rings. The van der Waals surface area contributed by atoms with Gasteiger partial charge in [-0.05, 0) is 6.92 Å². The molecule has 70 valence electrons. The van der Waals surface area contributed by atoms with E-state index in [0.29, 0.717) is 5.82 Å². The maximum Gasteiger partial charge on any atom is 0.193 e. The van der Waals surface area contributed by atoms with Crippen LogP contribution < -0.4 is 0 Å². The second kappa shape index (κ2) is 3.93. The normalized spacial score (nSPS) is 10.8. The fourth-order valence-electron chi connectivity index (χ4n) is 0.704. The monoisotopic (exact) mass is 182 g/mol. The molecule has 0 fully saturated rings. The average molecular weight is 182 g/mol. The van der Waals surface area contributed by atoms with Crippen molar-refractivity contribution in [3.05, 3.63) is 17.8 Å². The first-order chi connectivity index (χ1) is 6.09. The molecule has 0 atom stereocenters.